The van der Waals surface area contributed by atoms with Gasteiger partial charge in [-0.25, -0.2) is 0 Å². The van der Waals surface area contributed by atoms with Crippen LogP contribution in [0.25, 0.3) is 0 Å². The number of thiophene rings is 1. The summed E-state index contributed by atoms with van der Waals surface area (Å²) in [4.78, 5) is 15.4. The maximum atomic E-state index is 12.1. The van der Waals surface area contributed by atoms with Gasteiger partial charge in [0.1, 0.15) is 5.76 Å². The molecule has 1 saturated carbocycles. The zero-order valence-electron chi connectivity index (χ0n) is 12.0. The van der Waals surface area contributed by atoms with E-state index in [9.17, 15) is 4.79 Å². The van der Waals surface area contributed by atoms with Gasteiger partial charge in [-0.1, -0.05) is 6.07 Å². The molecule has 0 bridgehead atoms. The minimum absolute atomic E-state index is 0.102. The average molecular weight is 304 g/mol. The van der Waals surface area contributed by atoms with Crippen LogP contribution in [0, 0.1) is 5.92 Å². The minimum Gasteiger partial charge on any atom is -0.468 e. The topological polar surface area (TPSA) is 45.5 Å². The van der Waals surface area contributed by atoms with Gasteiger partial charge in [0.2, 0.25) is 5.91 Å². The summed E-state index contributed by atoms with van der Waals surface area (Å²) in [6, 6.07) is 7.97. The molecule has 1 aliphatic carbocycles. The number of hydrogen-bond donors (Lipinski definition) is 1. The fourth-order valence-corrected chi connectivity index (χ4v) is 3.00. The molecule has 3 rings (SSSR count). The van der Waals surface area contributed by atoms with Crippen LogP contribution in [0.4, 0.5) is 0 Å². The number of furan rings is 1. The zero-order valence-corrected chi connectivity index (χ0v) is 12.8. The molecule has 1 aliphatic rings. The molecular weight excluding hydrogens is 284 g/mol. The number of carbonyl (C=O) groups is 1. The van der Waals surface area contributed by atoms with E-state index in [4.69, 9.17) is 4.42 Å². The van der Waals surface area contributed by atoms with Gasteiger partial charge in [0.05, 0.1) is 19.4 Å². The second kappa shape index (κ2) is 6.91. The second-order valence-electron chi connectivity index (χ2n) is 5.55. The van der Waals surface area contributed by atoms with Crippen LogP contribution in [0.5, 0.6) is 0 Å². The predicted molar refractivity (Wildman–Crippen MR) is 82.9 cm³/mol. The molecular formula is C16H20N2O2S. The molecule has 112 valence electrons. The van der Waals surface area contributed by atoms with E-state index in [1.165, 1.54) is 17.7 Å². The van der Waals surface area contributed by atoms with Crippen molar-refractivity contribution in [3.8, 4) is 0 Å². The molecule has 2 aromatic rings. The number of carbonyl (C=O) groups excluding carboxylic acids is 1. The molecule has 4 nitrogen and oxygen atoms in total. The van der Waals surface area contributed by atoms with Crippen molar-refractivity contribution in [1.29, 1.82) is 0 Å². The van der Waals surface area contributed by atoms with Crippen molar-refractivity contribution < 1.29 is 9.21 Å². The molecule has 1 N–H and O–H groups in total. The monoisotopic (exact) mass is 304 g/mol. The zero-order chi connectivity index (χ0) is 14.5. The lowest BCUT2D eigenvalue weighted by atomic mass is 10.3. The van der Waals surface area contributed by atoms with Gasteiger partial charge < -0.3 is 9.73 Å². The smallest absolute Gasteiger partial charge is 0.234 e. The Morgan fingerprint density at radius 1 is 1.33 bits per heavy atom. The fourth-order valence-electron chi connectivity index (χ4n) is 2.25. The quantitative estimate of drug-likeness (QED) is 0.815. The number of nitrogens with one attached hydrogen (secondary N) is 1. The molecule has 0 atom stereocenters. The van der Waals surface area contributed by atoms with Crippen LogP contribution in [0.2, 0.25) is 0 Å². The highest BCUT2D eigenvalue weighted by atomic mass is 32.1. The Hall–Kier alpha value is -1.59. The summed E-state index contributed by atoms with van der Waals surface area (Å²) in [5.41, 5.74) is 0. The van der Waals surface area contributed by atoms with Crippen molar-refractivity contribution in [1.82, 2.24) is 10.2 Å². The number of nitrogens with zero attached hydrogens (tertiary/aromatic N) is 1. The van der Waals surface area contributed by atoms with Gasteiger partial charge >= 0.3 is 0 Å². The normalized spacial score (nSPS) is 14.5. The van der Waals surface area contributed by atoms with Crippen LogP contribution >= 0.6 is 11.3 Å². The first-order chi connectivity index (χ1) is 10.3. The Morgan fingerprint density at radius 2 is 2.24 bits per heavy atom. The maximum Gasteiger partial charge on any atom is 0.234 e. The molecule has 21 heavy (non-hydrogen) atoms. The van der Waals surface area contributed by atoms with Crippen LogP contribution in [0.15, 0.2) is 40.3 Å². The first-order valence-corrected chi connectivity index (χ1v) is 8.21. The van der Waals surface area contributed by atoms with Gasteiger partial charge in [-0.15, -0.1) is 11.3 Å². The fraction of sp³-hybridized carbons (Fsp3) is 0.438. The lowest BCUT2D eigenvalue weighted by Crippen LogP contribution is -2.37. The average Bonchev–Trinajstić information content (AvgIpc) is 2.91. The molecule has 1 fully saturated rings. The summed E-state index contributed by atoms with van der Waals surface area (Å²) in [6.45, 7) is 2.66. The summed E-state index contributed by atoms with van der Waals surface area (Å²) < 4.78 is 5.40. The first-order valence-electron chi connectivity index (χ1n) is 7.33. The van der Waals surface area contributed by atoms with Crippen LogP contribution < -0.4 is 5.32 Å². The highest BCUT2D eigenvalue weighted by Gasteiger charge is 2.22. The lowest BCUT2D eigenvalue weighted by Gasteiger charge is -2.20. The van der Waals surface area contributed by atoms with Gasteiger partial charge in [0.25, 0.3) is 0 Å². The van der Waals surface area contributed by atoms with Gasteiger partial charge in [-0.3, -0.25) is 9.69 Å². The molecule has 0 aliphatic heterocycles. The molecule has 2 aromatic heterocycles. The standard InChI is InChI=1S/C16H20N2O2S/c19-16(17-9-13-5-6-13)12-18(10-14-3-1-7-20-14)11-15-4-2-8-21-15/h1-4,7-8,13H,5-6,9-12H2,(H,17,19). The highest BCUT2D eigenvalue weighted by Crippen LogP contribution is 2.27. The largest absolute Gasteiger partial charge is 0.468 e. The molecule has 5 heteroatoms. The van der Waals surface area contributed by atoms with Gasteiger partial charge in [-0.05, 0) is 42.3 Å². The summed E-state index contributed by atoms with van der Waals surface area (Å²) in [7, 11) is 0. The third kappa shape index (κ3) is 4.72. The van der Waals surface area contributed by atoms with Crippen molar-refractivity contribution in [2.24, 2.45) is 5.92 Å². The van der Waals surface area contributed by atoms with Gasteiger partial charge in [-0.2, -0.15) is 0 Å². The highest BCUT2D eigenvalue weighted by molar-refractivity contribution is 7.09. The van der Waals surface area contributed by atoms with Gasteiger partial charge in [0.15, 0.2) is 0 Å². The van der Waals surface area contributed by atoms with Crippen molar-refractivity contribution in [3.05, 3.63) is 46.5 Å². The Kier molecular flexibility index (Phi) is 4.72. The van der Waals surface area contributed by atoms with Crippen LogP contribution in [0.1, 0.15) is 23.5 Å². The van der Waals surface area contributed by atoms with E-state index in [0.29, 0.717) is 19.0 Å². The van der Waals surface area contributed by atoms with Gasteiger partial charge in [0, 0.05) is 18.0 Å². The van der Waals surface area contributed by atoms with E-state index in [-0.39, 0.29) is 5.91 Å². The van der Waals surface area contributed by atoms with E-state index in [0.717, 1.165) is 18.8 Å². The Bertz CT molecular complexity index is 511. The van der Waals surface area contributed by atoms with Crippen LogP contribution in [0.3, 0.4) is 0 Å². The molecule has 0 unspecified atom stereocenters. The molecule has 0 saturated heterocycles. The number of rotatable bonds is 8. The van der Waals surface area contributed by atoms with Crippen molar-refractivity contribution in [2.75, 3.05) is 13.1 Å². The van der Waals surface area contributed by atoms with E-state index in [2.05, 4.69) is 21.7 Å². The molecule has 0 aromatic carbocycles. The van der Waals surface area contributed by atoms with Crippen molar-refractivity contribution >= 4 is 17.2 Å². The van der Waals surface area contributed by atoms with E-state index in [1.807, 2.05) is 18.2 Å². The van der Waals surface area contributed by atoms with Crippen LogP contribution in [-0.4, -0.2) is 23.9 Å². The summed E-state index contributed by atoms with van der Waals surface area (Å²) in [5.74, 6) is 1.70. The van der Waals surface area contributed by atoms with Crippen LogP contribution in [-0.2, 0) is 17.9 Å². The Balaban J connectivity index is 1.55. The third-order valence-electron chi connectivity index (χ3n) is 3.57. The maximum absolute atomic E-state index is 12.1. The Labute approximate surface area is 128 Å². The van der Waals surface area contributed by atoms with E-state index >= 15 is 0 Å². The summed E-state index contributed by atoms with van der Waals surface area (Å²) in [6.07, 6.45) is 4.18. The molecule has 2 heterocycles. The Morgan fingerprint density at radius 3 is 2.90 bits per heavy atom. The first kappa shape index (κ1) is 14.4. The van der Waals surface area contributed by atoms with Crippen molar-refractivity contribution in [2.45, 2.75) is 25.9 Å². The SMILES string of the molecule is O=C(CN(Cc1ccco1)Cc1cccs1)NCC1CC1. The second-order valence-corrected chi connectivity index (χ2v) is 6.58. The van der Waals surface area contributed by atoms with E-state index < -0.39 is 0 Å². The number of amides is 1. The summed E-state index contributed by atoms with van der Waals surface area (Å²) >= 11 is 1.72. The molecule has 1 amide bonds. The van der Waals surface area contributed by atoms with E-state index in [1.54, 1.807) is 17.6 Å². The minimum atomic E-state index is 0.102. The molecule has 0 spiro atoms. The predicted octanol–water partition coefficient (Wildman–Crippen LogP) is 2.87. The molecule has 0 radical (unpaired) electrons. The summed E-state index contributed by atoms with van der Waals surface area (Å²) in [5, 5.41) is 5.09. The third-order valence-corrected chi connectivity index (χ3v) is 4.43. The number of hydrogen-bond acceptors (Lipinski definition) is 4. The van der Waals surface area contributed by atoms with Crippen molar-refractivity contribution in [3.63, 3.8) is 0 Å². The lowest BCUT2D eigenvalue weighted by molar-refractivity contribution is -0.122.